The third-order valence-corrected chi connectivity index (χ3v) is 5.83. The van der Waals surface area contributed by atoms with Crippen molar-refractivity contribution in [2.75, 3.05) is 37.6 Å². The quantitative estimate of drug-likeness (QED) is 0.616. The molecule has 9 heteroatoms. The third-order valence-electron chi connectivity index (χ3n) is 5.57. The van der Waals surface area contributed by atoms with Crippen molar-refractivity contribution < 1.29 is 9.59 Å². The molecule has 1 N–H and O–H groups in total. The van der Waals surface area contributed by atoms with Crippen molar-refractivity contribution >= 4 is 40.0 Å². The maximum Gasteiger partial charge on any atom is 0.242 e. The number of aromatic nitrogens is 2. The second kappa shape index (κ2) is 9.82. The number of hydrogen-bond donors (Lipinski definition) is 1. The predicted octanol–water partition coefficient (Wildman–Crippen LogP) is 1.91. The summed E-state index contributed by atoms with van der Waals surface area (Å²) in [5, 5.41) is 8.08. The molecule has 0 saturated carbocycles. The number of rotatable bonds is 6. The van der Waals surface area contributed by atoms with Gasteiger partial charge in [-0.05, 0) is 36.4 Å². The van der Waals surface area contributed by atoms with Crippen molar-refractivity contribution in [2.45, 2.75) is 13.0 Å². The molecule has 2 amide bonds. The van der Waals surface area contributed by atoms with Crippen LogP contribution in [0.3, 0.4) is 0 Å². The number of hydrogen-bond acceptors (Lipinski definition) is 5. The Balaban J connectivity index is 1.23. The molecule has 1 aliphatic rings. The smallest absolute Gasteiger partial charge is 0.242 e. The molecule has 8 nitrogen and oxygen atoms in total. The first-order valence-electron chi connectivity index (χ1n) is 10.5. The molecule has 0 aliphatic carbocycles. The Morgan fingerprint density at radius 2 is 1.72 bits per heavy atom. The van der Waals surface area contributed by atoms with Crippen molar-refractivity contribution in [1.29, 1.82) is 0 Å². The minimum Gasteiger partial charge on any atom is -0.368 e. The van der Waals surface area contributed by atoms with Gasteiger partial charge in [-0.2, -0.15) is 5.10 Å². The molecule has 32 heavy (non-hydrogen) atoms. The predicted molar refractivity (Wildman–Crippen MR) is 124 cm³/mol. The highest BCUT2D eigenvalue weighted by Gasteiger charge is 2.21. The largest absolute Gasteiger partial charge is 0.368 e. The monoisotopic (exact) mass is 453 g/mol. The average molecular weight is 454 g/mol. The fraction of sp³-hybridized carbons (Fsp3) is 0.304. The van der Waals surface area contributed by atoms with Gasteiger partial charge in [0.1, 0.15) is 0 Å². The van der Waals surface area contributed by atoms with Crippen LogP contribution in [0.25, 0.3) is 10.9 Å². The Kier molecular flexibility index (Phi) is 6.70. The van der Waals surface area contributed by atoms with Gasteiger partial charge in [-0.15, -0.1) is 0 Å². The lowest BCUT2D eigenvalue weighted by molar-refractivity contribution is -0.133. The first-order chi connectivity index (χ1) is 15.5. The standard InChI is InChI=1S/C23H24ClN5O3/c24-17-5-7-18(8-6-17)27-11-13-28(14-12-27)23(32)16-25-22(31)9-10-29-20-4-2-1-3-19(20)21(30)15-26-29/h1-8,15H,9-14,16H2,(H,25,31). The molecule has 166 valence electrons. The average Bonchev–Trinajstić information content (AvgIpc) is 2.83. The molecule has 1 aromatic heterocycles. The number of halogens is 1. The van der Waals surface area contributed by atoms with Crippen LogP contribution in [0.5, 0.6) is 0 Å². The summed E-state index contributed by atoms with van der Waals surface area (Å²) in [6.07, 6.45) is 1.42. The molecule has 2 heterocycles. The summed E-state index contributed by atoms with van der Waals surface area (Å²) in [6.45, 7) is 2.95. The van der Waals surface area contributed by atoms with Crippen LogP contribution in [0.15, 0.2) is 59.5 Å². The van der Waals surface area contributed by atoms with Crippen molar-refractivity contribution in [3.05, 3.63) is 70.0 Å². The van der Waals surface area contributed by atoms with Gasteiger partial charge in [-0.1, -0.05) is 23.7 Å². The van der Waals surface area contributed by atoms with E-state index in [4.69, 9.17) is 11.6 Å². The molecule has 1 aliphatic heterocycles. The lowest BCUT2D eigenvalue weighted by atomic mass is 10.2. The lowest BCUT2D eigenvalue weighted by Gasteiger charge is -2.36. The van der Waals surface area contributed by atoms with E-state index in [1.807, 2.05) is 30.3 Å². The Labute approximate surface area is 190 Å². The SMILES string of the molecule is O=C(CCn1ncc(=O)c2ccccc21)NCC(=O)N1CCN(c2ccc(Cl)cc2)CC1. The number of carbonyl (C=O) groups excluding carboxylic acids is 2. The van der Waals surface area contributed by atoms with E-state index >= 15 is 0 Å². The second-order valence-electron chi connectivity index (χ2n) is 7.62. The van der Waals surface area contributed by atoms with Crippen LogP contribution in [0.1, 0.15) is 6.42 Å². The molecule has 0 bridgehead atoms. The summed E-state index contributed by atoms with van der Waals surface area (Å²) < 4.78 is 1.63. The van der Waals surface area contributed by atoms with Crippen molar-refractivity contribution in [3.8, 4) is 0 Å². The van der Waals surface area contributed by atoms with Crippen LogP contribution in [-0.4, -0.2) is 59.2 Å². The van der Waals surface area contributed by atoms with E-state index in [9.17, 15) is 14.4 Å². The van der Waals surface area contributed by atoms with Gasteiger partial charge in [-0.3, -0.25) is 19.1 Å². The number of para-hydroxylation sites is 1. The Morgan fingerprint density at radius 1 is 1.00 bits per heavy atom. The molecule has 1 saturated heterocycles. The zero-order valence-electron chi connectivity index (χ0n) is 17.5. The molecule has 4 rings (SSSR count). The fourth-order valence-corrected chi connectivity index (χ4v) is 3.91. The summed E-state index contributed by atoms with van der Waals surface area (Å²) in [7, 11) is 0. The molecule has 0 atom stereocenters. The highest BCUT2D eigenvalue weighted by atomic mass is 35.5. The fourth-order valence-electron chi connectivity index (χ4n) is 3.79. The zero-order chi connectivity index (χ0) is 22.5. The summed E-state index contributed by atoms with van der Waals surface area (Å²) in [5.41, 5.74) is 1.61. The summed E-state index contributed by atoms with van der Waals surface area (Å²) in [5.74, 6) is -0.330. The Morgan fingerprint density at radius 3 is 2.47 bits per heavy atom. The molecule has 0 radical (unpaired) electrons. The van der Waals surface area contributed by atoms with Gasteiger partial charge in [-0.25, -0.2) is 0 Å². The highest BCUT2D eigenvalue weighted by Crippen LogP contribution is 2.19. The molecular weight excluding hydrogens is 430 g/mol. The van der Waals surface area contributed by atoms with E-state index in [0.717, 1.165) is 18.8 Å². The van der Waals surface area contributed by atoms with Crippen LogP contribution in [-0.2, 0) is 16.1 Å². The van der Waals surface area contributed by atoms with Gasteiger partial charge in [0, 0.05) is 48.7 Å². The van der Waals surface area contributed by atoms with Crippen LogP contribution in [0, 0.1) is 0 Å². The molecule has 0 unspecified atom stereocenters. The maximum absolute atomic E-state index is 12.5. The van der Waals surface area contributed by atoms with Crippen molar-refractivity contribution in [3.63, 3.8) is 0 Å². The minimum atomic E-state index is -0.234. The maximum atomic E-state index is 12.5. The number of piperazine rings is 1. The van der Waals surface area contributed by atoms with Gasteiger partial charge >= 0.3 is 0 Å². The lowest BCUT2D eigenvalue weighted by Crippen LogP contribution is -2.51. The van der Waals surface area contributed by atoms with E-state index < -0.39 is 0 Å². The van der Waals surface area contributed by atoms with Crippen LogP contribution >= 0.6 is 11.6 Å². The molecule has 2 aromatic carbocycles. The Bertz CT molecular complexity index is 1170. The Hall–Kier alpha value is -3.39. The first kappa shape index (κ1) is 21.8. The van der Waals surface area contributed by atoms with E-state index in [1.165, 1.54) is 6.20 Å². The van der Waals surface area contributed by atoms with Crippen LogP contribution < -0.4 is 15.6 Å². The molecular formula is C23H24ClN5O3. The van der Waals surface area contributed by atoms with Gasteiger partial charge in [0.15, 0.2) is 0 Å². The molecule has 3 aromatic rings. The second-order valence-corrected chi connectivity index (χ2v) is 8.06. The number of aryl methyl sites for hydroxylation is 1. The zero-order valence-corrected chi connectivity index (χ0v) is 18.3. The van der Waals surface area contributed by atoms with E-state index in [1.54, 1.807) is 27.8 Å². The number of carbonyl (C=O) groups is 2. The highest BCUT2D eigenvalue weighted by molar-refractivity contribution is 6.30. The number of fused-ring (bicyclic) bond motifs is 1. The number of benzene rings is 2. The van der Waals surface area contributed by atoms with Crippen molar-refractivity contribution in [1.82, 2.24) is 20.0 Å². The number of amides is 2. The number of nitrogens with one attached hydrogen (secondary N) is 1. The van der Waals surface area contributed by atoms with Crippen LogP contribution in [0.4, 0.5) is 5.69 Å². The van der Waals surface area contributed by atoms with Crippen LogP contribution in [0.2, 0.25) is 5.02 Å². The van der Waals surface area contributed by atoms with E-state index in [2.05, 4.69) is 15.3 Å². The van der Waals surface area contributed by atoms with Gasteiger partial charge in [0.05, 0.1) is 24.8 Å². The van der Waals surface area contributed by atoms with Gasteiger partial charge < -0.3 is 15.1 Å². The topological polar surface area (TPSA) is 87.5 Å². The number of nitrogens with zero attached hydrogens (tertiary/aromatic N) is 4. The summed E-state index contributed by atoms with van der Waals surface area (Å²) >= 11 is 5.94. The summed E-state index contributed by atoms with van der Waals surface area (Å²) in [4.78, 5) is 40.6. The van der Waals surface area contributed by atoms with E-state index in [-0.39, 0.29) is 30.2 Å². The minimum absolute atomic E-state index is 0.0296. The number of anilines is 1. The van der Waals surface area contributed by atoms with Gasteiger partial charge in [0.25, 0.3) is 0 Å². The van der Waals surface area contributed by atoms with Crippen molar-refractivity contribution in [2.24, 2.45) is 0 Å². The van der Waals surface area contributed by atoms with E-state index in [0.29, 0.717) is 35.6 Å². The summed E-state index contributed by atoms with van der Waals surface area (Å²) in [6, 6.07) is 14.8. The normalized spacial score (nSPS) is 13.9. The first-order valence-corrected chi connectivity index (χ1v) is 10.9. The molecule has 1 fully saturated rings. The third kappa shape index (κ3) is 5.08. The molecule has 0 spiro atoms. The van der Waals surface area contributed by atoms with Gasteiger partial charge in [0.2, 0.25) is 17.2 Å².